The maximum atomic E-state index is 13.7. The number of imidazole rings is 1. The summed E-state index contributed by atoms with van der Waals surface area (Å²) in [6.45, 7) is 1.81. The molecule has 5 nitrogen and oxygen atoms in total. The van der Waals surface area contributed by atoms with E-state index in [9.17, 15) is 26.7 Å². The number of benzene rings is 1. The first kappa shape index (κ1) is 20.8. The van der Waals surface area contributed by atoms with E-state index in [2.05, 4.69) is 15.3 Å². The average Bonchev–Trinajstić information content (AvgIpc) is 3.05. The summed E-state index contributed by atoms with van der Waals surface area (Å²) < 4.78 is 66.9. The van der Waals surface area contributed by atoms with Gasteiger partial charge in [0.2, 0.25) is 5.91 Å². The van der Waals surface area contributed by atoms with Crippen molar-refractivity contribution in [3.8, 4) is 0 Å². The number of aromatic nitrogens is 3. The van der Waals surface area contributed by atoms with Crippen LogP contribution in [0.5, 0.6) is 0 Å². The summed E-state index contributed by atoms with van der Waals surface area (Å²) in [5, 5.41) is 2.60. The Morgan fingerprint density at radius 1 is 1.12 bits per heavy atom. The molecule has 2 saturated carbocycles. The van der Waals surface area contributed by atoms with Gasteiger partial charge in [0.15, 0.2) is 11.6 Å². The van der Waals surface area contributed by atoms with Gasteiger partial charge in [0.1, 0.15) is 5.82 Å². The lowest BCUT2D eigenvalue weighted by Gasteiger charge is -2.19. The van der Waals surface area contributed by atoms with Crippen LogP contribution in [0.4, 0.5) is 27.8 Å². The molecule has 2 aliphatic rings. The molecule has 3 aromatic rings. The van der Waals surface area contributed by atoms with E-state index in [1.165, 1.54) is 0 Å². The number of hydrogen-bond acceptors (Lipinski definition) is 3. The molecule has 0 spiro atoms. The third kappa shape index (κ3) is 3.51. The van der Waals surface area contributed by atoms with Gasteiger partial charge in [-0.2, -0.15) is 13.2 Å². The topological polar surface area (TPSA) is 59.8 Å². The number of carbonyl (C=O) groups excluding carboxylic acids is 1. The Balaban J connectivity index is 1.21. The van der Waals surface area contributed by atoms with E-state index < -0.39 is 23.4 Å². The van der Waals surface area contributed by atoms with Crippen LogP contribution in [0.25, 0.3) is 11.0 Å². The van der Waals surface area contributed by atoms with Crippen LogP contribution in [0.3, 0.4) is 0 Å². The van der Waals surface area contributed by atoms with Gasteiger partial charge in [-0.3, -0.25) is 4.79 Å². The van der Waals surface area contributed by atoms with E-state index in [0.717, 1.165) is 37.1 Å². The Kier molecular flexibility index (Phi) is 4.72. The van der Waals surface area contributed by atoms with Crippen LogP contribution in [0, 0.1) is 35.3 Å². The van der Waals surface area contributed by atoms with E-state index >= 15 is 0 Å². The fourth-order valence-electron chi connectivity index (χ4n) is 5.20. The van der Waals surface area contributed by atoms with Crippen molar-refractivity contribution in [2.45, 2.75) is 32.0 Å². The summed E-state index contributed by atoms with van der Waals surface area (Å²) in [5.41, 5.74) is 0.0738. The molecule has 0 radical (unpaired) electrons. The van der Waals surface area contributed by atoms with E-state index in [4.69, 9.17) is 0 Å². The first-order chi connectivity index (χ1) is 15.1. The third-order valence-corrected chi connectivity index (χ3v) is 6.83. The van der Waals surface area contributed by atoms with E-state index in [-0.39, 0.29) is 29.6 Å². The van der Waals surface area contributed by atoms with Gasteiger partial charge in [-0.25, -0.2) is 18.7 Å². The zero-order valence-corrected chi connectivity index (χ0v) is 16.9. The van der Waals surface area contributed by atoms with Gasteiger partial charge in [-0.1, -0.05) is 6.92 Å². The molecule has 10 heteroatoms. The summed E-state index contributed by atoms with van der Waals surface area (Å²) in [4.78, 5) is 20.5. The summed E-state index contributed by atoms with van der Waals surface area (Å²) in [5.74, 6) is -1.54. The SMILES string of the molecule is CC(C(=O)Nc1ccc(C(F)(F)F)cn1)C1[C@H]2CC(n3cnc4cc(F)c(F)cc43)C[C@@H]12. The van der Waals surface area contributed by atoms with Crippen molar-refractivity contribution < 1.29 is 26.7 Å². The van der Waals surface area contributed by atoms with Crippen LogP contribution >= 0.6 is 0 Å². The second kappa shape index (κ2) is 7.25. The van der Waals surface area contributed by atoms with Crippen LogP contribution in [-0.4, -0.2) is 20.4 Å². The van der Waals surface area contributed by atoms with Crippen LogP contribution in [0.1, 0.15) is 31.4 Å². The zero-order chi connectivity index (χ0) is 22.8. The largest absolute Gasteiger partial charge is 0.417 e. The first-order valence-electron chi connectivity index (χ1n) is 10.3. The number of hydrogen-bond donors (Lipinski definition) is 1. The first-order valence-corrected chi connectivity index (χ1v) is 10.3. The Bertz CT molecular complexity index is 1180. The maximum Gasteiger partial charge on any atom is 0.417 e. The standard InChI is InChI=1S/C22H19F5N4O/c1-10(21(32)30-19-3-2-11(8-28-19)22(25,26)27)20-13-4-12(5-14(13)20)31-9-29-17-6-15(23)16(24)7-18(17)31/h2-3,6-10,12-14,20H,4-5H2,1H3,(H,28,30,32)/t10?,12?,13-,14+,20?. The molecule has 1 amide bonds. The number of anilines is 1. The molecule has 1 N–H and O–H groups in total. The number of fused-ring (bicyclic) bond motifs is 2. The summed E-state index contributed by atoms with van der Waals surface area (Å²) in [6, 6.07) is 4.37. The van der Waals surface area contributed by atoms with Crippen molar-refractivity contribution in [1.82, 2.24) is 14.5 Å². The molecular weight excluding hydrogens is 431 g/mol. The normalized spacial score (nSPS) is 25.6. The highest BCUT2D eigenvalue weighted by molar-refractivity contribution is 5.92. The molecule has 168 valence electrons. The summed E-state index contributed by atoms with van der Waals surface area (Å²) >= 11 is 0. The van der Waals surface area contributed by atoms with Crippen molar-refractivity contribution in [2.24, 2.45) is 23.7 Å². The van der Waals surface area contributed by atoms with Crippen molar-refractivity contribution in [2.75, 3.05) is 5.32 Å². The van der Waals surface area contributed by atoms with Gasteiger partial charge < -0.3 is 9.88 Å². The molecule has 1 aromatic carbocycles. The molecule has 5 atom stereocenters. The molecule has 32 heavy (non-hydrogen) atoms. The third-order valence-electron chi connectivity index (χ3n) is 6.83. The highest BCUT2D eigenvalue weighted by Crippen LogP contribution is 2.64. The predicted molar refractivity (Wildman–Crippen MR) is 105 cm³/mol. The van der Waals surface area contributed by atoms with Crippen LogP contribution in [0.15, 0.2) is 36.8 Å². The molecule has 2 aromatic heterocycles. The van der Waals surface area contributed by atoms with Crippen LogP contribution in [0.2, 0.25) is 0 Å². The van der Waals surface area contributed by atoms with Gasteiger partial charge >= 0.3 is 6.18 Å². The fourth-order valence-corrected chi connectivity index (χ4v) is 5.20. The number of nitrogens with zero attached hydrogens (tertiary/aromatic N) is 3. The molecule has 3 unspecified atom stereocenters. The minimum absolute atomic E-state index is 0.0812. The number of halogens is 5. The molecule has 0 saturated heterocycles. The van der Waals surface area contributed by atoms with Crippen LogP contribution in [-0.2, 0) is 11.0 Å². The monoisotopic (exact) mass is 450 g/mol. The van der Waals surface area contributed by atoms with Crippen molar-refractivity contribution in [3.63, 3.8) is 0 Å². The fraction of sp³-hybridized carbons (Fsp3) is 0.409. The molecule has 2 fully saturated rings. The van der Waals surface area contributed by atoms with Crippen LogP contribution < -0.4 is 5.32 Å². The molecule has 2 heterocycles. The van der Waals surface area contributed by atoms with E-state index in [1.807, 2.05) is 11.5 Å². The summed E-state index contributed by atoms with van der Waals surface area (Å²) in [7, 11) is 0. The number of pyridine rings is 1. The molecule has 0 aliphatic heterocycles. The number of nitrogens with one attached hydrogen (secondary N) is 1. The van der Waals surface area contributed by atoms with Crippen molar-refractivity contribution >= 4 is 22.8 Å². The second-order valence-corrected chi connectivity index (χ2v) is 8.64. The number of amides is 1. The Morgan fingerprint density at radius 3 is 2.44 bits per heavy atom. The average molecular weight is 450 g/mol. The Labute approximate surface area is 179 Å². The Morgan fingerprint density at radius 2 is 1.81 bits per heavy atom. The zero-order valence-electron chi connectivity index (χ0n) is 16.9. The lowest BCUT2D eigenvalue weighted by Crippen LogP contribution is -2.25. The molecular formula is C22H19F5N4O. The van der Waals surface area contributed by atoms with Gasteiger partial charge in [-0.05, 0) is 42.7 Å². The second-order valence-electron chi connectivity index (χ2n) is 8.64. The van der Waals surface area contributed by atoms with Crippen molar-refractivity contribution in [1.29, 1.82) is 0 Å². The lowest BCUT2D eigenvalue weighted by atomic mass is 9.96. The smallest absolute Gasteiger partial charge is 0.327 e. The molecule has 0 bridgehead atoms. The van der Waals surface area contributed by atoms with Gasteiger partial charge in [-0.15, -0.1) is 0 Å². The lowest BCUT2D eigenvalue weighted by molar-refractivity contribution is -0.137. The highest BCUT2D eigenvalue weighted by atomic mass is 19.4. The Hall–Kier alpha value is -3.04. The van der Waals surface area contributed by atoms with Gasteiger partial charge in [0, 0.05) is 30.3 Å². The van der Waals surface area contributed by atoms with E-state index in [1.54, 1.807) is 6.33 Å². The summed E-state index contributed by atoms with van der Waals surface area (Å²) in [6.07, 6.45) is -0.585. The highest BCUT2D eigenvalue weighted by Gasteiger charge is 2.59. The predicted octanol–water partition coefficient (Wildman–Crippen LogP) is 5.20. The van der Waals surface area contributed by atoms with Gasteiger partial charge in [0.05, 0.1) is 22.9 Å². The minimum Gasteiger partial charge on any atom is -0.327 e. The van der Waals surface area contributed by atoms with Crippen molar-refractivity contribution in [3.05, 3.63) is 54.0 Å². The quantitative estimate of drug-likeness (QED) is 0.556. The maximum absolute atomic E-state index is 13.7. The van der Waals surface area contributed by atoms with E-state index in [0.29, 0.717) is 29.1 Å². The van der Waals surface area contributed by atoms with Gasteiger partial charge in [0.25, 0.3) is 0 Å². The minimum atomic E-state index is -4.48. The number of carbonyl (C=O) groups is 1. The molecule has 2 aliphatic carbocycles. The number of alkyl halides is 3. The molecule has 5 rings (SSSR count). The number of rotatable bonds is 4.